The van der Waals surface area contributed by atoms with E-state index in [1.54, 1.807) is 25.2 Å². The number of carbonyl (C=O) groups excluding carboxylic acids is 2. The Labute approximate surface area is 235 Å². The highest BCUT2D eigenvalue weighted by Gasteiger charge is 2.48. The molecule has 3 heterocycles. The largest absolute Gasteiger partial charge is 0.497 e. The van der Waals surface area contributed by atoms with E-state index >= 15 is 0 Å². The normalized spacial score (nSPS) is 18.1. The summed E-state index contributed by atoms with van der Waals surface area (Å²) in [5, 5.41) is 3.43. The Bertz CT molecular complexity index is 1170. The van der Waals surface area contributed by atoms with Crippen LogP contribution >= 0.6 is 23.4 Å². The number of pyridine rings is 1. The van der Waals surface area contributed by atoms with E-state index in [-0.39, 0.29) is 22.4 Å². The third-order valence-corrected chi connectivity index (χ3v) is 9.21. The number of alkyl halides is 3. The van der Waals surface area contributed by atoms with E-state index < -0.39 is 18.0 Å². The van der Waals surface area contributed by atoms with Gasteiger partial charge in [-0.3, -0.25) is 9.59 Å². The highest BCUT2D eigenvalue weighted by atomic mass is 35.5. The topological polar surface area (TPSA) is 74.8 Å². The second-order valence-electron chi connectivity index (χ2n) is 9.69. The van der Waals surface area contributed by atoms with Gasteiger partial charge in [0.25, 0.3) is 5.91 Å². The van der Waals surface area contributed by atoms with Gasteiger partial charge in [-0.25, -0.2) is 4.98 Å². The van der Waals surface area contributed by atoms with Crippen LogP contribution < -0.4 is 15.0 Å². The molecule has 2 saturated heterocycles. The van der Waals surface area contributed by atoms with E-state index in [0.717, 1.165) is 31.7 Å². The van der Waals surface area contributed by atoms with Gasteiger partial charge in [-0.15, -0.1) is 0 Å². The molecule has 39 heavy (non-hydrogen) atoms. The van der Waals surface area contributed by atoms with E-state index in [1.807, 2.05) is 11.8 Å². The highest BCUT2D eigenvalue weighted by molar-refractivity contribution is 8.00. The van der Waals surface area contributed by atoms with Gasteiger partial charge in [0.05, 0.1) is 12.7 Å². The molecular formula is C27H32ClF3N4O3S. The number of piperidine rings is 2. The molecular weight excluding hydrogens is 553 g/mol. The molecule has 1 unspecified atom stereocenters. The number of rotatable bonds is 7. The van der Waals surface area contributed by atoms with Gasteiger partial charge in [0.2, 0.25) is 5.91 Å². The first kappa shape index (κ1) is 29.3. The fourth-order valence-corrected chi connectivity index (χ4v) is 6.83. The van der Waals surface area contributed by atoms with E-state index in [1.165, 1.54) is 30.2 Å². The van der Waals surface area contributed by atoms with Gasteiger partial charge in [-0.1, -0.05) is 23.7 Å². The van der Waals surface area contributed by atoms with E-state index in [9.17, 15) is 22.8 Å². The van der Waals surface area contributed by atoms with Crippen LogP contribution in [0.5, 0.6) is 5.75 Å². The predicted molar refractivity (Wildman–Crippen MR) is 147 cm³/mol. The van der Waals surface area contributed by atoms with Crippen LogP contribution in [-0.4, -0.2) is 78.7 Å². The minimum absolute atomic E-state index is 0.103. The molecule has 0 spiro atoms. The Balaban J connectivity index is 1.28. The quantitative estimate of drug-likeness (QED) is 0.454. The van der Waals surface area contributed by atoms with Crippen molar-refractivity contribution in [2.45, 2.75) is 48.3 Å². The number of aromatic nitrogens is 1. The summed E-state index contributed by atoms with van der Waals surface area (Å²) in [6.45, 7) is 2.22. The van der Waals surface area contributed by atoms with Crippen molar-refractivity contribution >= 4 is 41.0 Å². The lowest BCUT2D eigenvalue weighted by atomic mass is 9.95. The van der Waals surface area contributed by atoms with Gasteiger partial charge in [-0.2, -0.15) is 24.9 Å². The lowest BCUT2D eigenvalue weighted by Crippen LogP contribution is -2.45. The molecule has 7 nitrogen and oxygen atoms in total. The molecule has 2 fully saturated rings. The van der Waals surface area contributed by atoms with E-state index in [2.05, 4.69) is 15.2 Å². The molecule has 1 aromatic heterocycles. The number of halogens is 4. The first-order valence-corrected chi connectivity index (χ1v) is 14.2. The fourth-order valence-electron chi connectivity index (χ4n) is 5.09. The second kappa shape index (κ2) is 12.7. The average molecular weight is 585 g/mol. The second-order valence-corrected chi connectivity index (χ2v) is 11.6. The van der Waals surface area contributed by atoms with Gasteiger partial charge >= 0.3 is 6.18 Å². The maximum absolute atomic E-state index is 14.0. The zero-order chi connectivity index (χ0) is 28.2. The molecule has 4 rings (SSSR count). The maximum atomic E-state index is 14.0. The number of likely N-dealkylation sites (tertiary alicyclic amines) is 1. The summed E-state index contributed by atoms with van der Waals surface area (Å²) in [5.74, 6) is -2.36. The predicted octanol–water partition coefficient (Wildman–Crippen LogP) is 5.14. The molecule has 1 aromatic carbocycles. The summed E-state index contributed by atoms with van der Waals surface area (Å²) in [5.41, 5.74) is 0.234. The number of nitrogens with zero attached hydrogens (tertiary/aromatic N) is 3. The molecule has 12 heteroatoms. The lowest BCUT2D eigenvalue weighted by molar-refractivity contribution is -0.172. The molecule has 212 valence electrons. The summed E-state index contributed by atoms with van der Waals surface area (Å²) in [6.07, 6.45) is -1.49. The van der Waals surface area contributed by atoms with Crippen molar-refractivity contribution in [3.63, 3.8) is 0 Å². The number of amides is 2. The molecule has 2 aliphatic heterocycles. The van der Waals surface area contributed by atoms with Gasteiger partial charge in [0.15, 0.2) is 5.92 Å². The number of methoxy groups -OCH3 is 1. The van der Waals surface area contributed by atoms with Crippen molar-refractivity contribution in [1.29, 1.82) is 0 Å². The molecule has 0 aliphatic carbocycles. The fraction of sp³-hybridized carbons (Fsp3) is 0.519. The van der Waals surface area contributed by atoms with Crippen molar-refractivity contribution in [2.24, 2.45) is 0 Å². The van der Waals surface area contributed by atoms with Gasteiger partial charge in [0, 0.05) is 43.7 Å². The molecule has 1 atom stereocenters. The first-order valence-electron chi connectivity index (χ1n) is 12.9. The first-order chi connectivity index (χ1) is 18.6. The zero-order valence-corrected chi connectivity index (χ0v) is 23.4. The minimum atomic E-state index is -4.69. The number of nitrogens with one attached hydrogen (secondary N) is 1. The number of hydrogen-bond acceptors (Lipinski definition) is 6. The zero-order valence-electron chi connectivity index (χ0n) is 21.8. The number of benzene rings is 1. The Morgan fingerprint density at radius 3 is 2.28 bits per heavy atom. The molecule has 0 saturated carbocycles. The van der Waals surface area contributed by atoms with E-state index in [4.69, 9.17) is 16.3 Å². The summed E-state index contributed by atoms with van der Waals surface area (Å²) in [4.78, 5) is 32.8. The molecule has 0 radical (unpaired) electrons. The van der Waals surface area contributed by atoms with Crippen LogP contribution in [-0.2, 0) is 4.79 Å². The van der Waals surface area contributed by atoms with Gasteiger partial charge in [0.1, 0.15) is 16.7 Å². The Hall–Kier alpha value is -2.66. The van der Waals surface area contributed by atoms with Crippen molar-refractivity contribution in [3.05, 3.63) is 52.7 Å². The number of anilines is 1. The standard InChI is InChI=1S/C27H32ClF3N4O3S/c1-32-25(36)21-6-7-22(33-24(21)28)34-12-8-19(9-13-34)39-20-10-14-35(15-11-20)26(37)23(27(29,30)31)17-4-3-5-18(16-17)38-2/h3-7,16,19-20,23H,8-15H2,1-2H3,(H,32,36). The molecule has 2 amide bonds. The maximum Gasteiger partial charge on any atom is 0.404 e. The van der Waals surface area contributed by atoms with Crippen LogP contribution in [0.4, 0.5) is 19.0 Å². The summed E-state index contributed by atoms with van der Waals surface area (Å²) in [7, 11) is 2.92. The van der Waals surface area contributed by atoms with Crippen LogP contribution in [0.15, 0.2) is 36.4 Å². The molecule has 1 N–H and O–H groups in total. The Kier molecular flexibility index (Phi) is 9.53. The van der Waals surface area contributed by atoms with Gasteiger partial charge < -0.3 is 19.9 Å². The smallest absolute Gasteiger partial charge is 0.404 e. The van der Waals surface area contributed by atoms with Crippen LogP contribution in [0.25, 0.3) is 0 Å². The van der Waals surface area contributed by atoms with Crippen molar-refractivity contribution < 1.29 is 27.5 Å². The third-order valence-electron chi connectivity index (χ3n) is 7.21. The van der Waals surface area contributed by atoms with Crippen molar-refractivity contribution in [3.8, 4) is 5.75 Å². The monoisotopic (exact) mass is 584 g/mol. The molecule has 0 bridgehead atoms. The highest BCUT2D eigenvalue weighted by Crippen LogP contribution is 2.39. The number of carbonyl (C=O) groups is 2. The van der Waals surface area contributed by atoms with Crippen molar-refractivity contribution in [1.82, 2.24) is 15.2 Å². The SMILES string of the molecule is CNC(=O)c1ccc(N2CCC(SC3CCN(C(=O)C(c4cccc(OC)c4)C(F)(F)F)CC3)CC2)nc1Cl. The Morgan fingerprint density at radius 1 is 1.08 bits per heavy atom. The van der Waals surface area contributed by atoms with Crippen LogP contribution in [0.3, 0.4) is 0 Å². The summed E-state index contributed by atoms with van der Waals surface area (Å²) < 4.78 is 46.9. The van der Waals surface area contributed by atoms with Crippen molar-refractivity contribution in [2.75, 3.05) is 45.2 Å². The number of thioether (sulfide) groups is 1. The summed E-state index contributed by atoms with van der Waals surface area (Å²) in [6, 6.07) is 9.12. The average Bonchev–Trinajstić information content (AvgIpc) is 2.93. The Morgan fingerprint density at radius 2 is 1.72 bits per heavy atom. The van der Waals surface area contributed by atoms with Crippen LogP contribution in [0, 0.1) is 0 Å². The lowest BCUT2D eigenvalue weighted by Gasteiger charge is -2.38. The van der Waals surface area contributed by atoms with E-state index in [0.29, 0.717) is 42.0 Å². The van der Waals surface area contributed by atoms with Crippen LogP contribution in [0.2, 0.25) is 5.15 Å². The summed E-state index contributed by atoms with van der Waals surface area (Å²) >= 11 is 8.09. The molecule has 2 aliphatic rings. The van der Waals surface area contributed by atoms with Gasteiger partial charge in [-0.05, 0) is 55.5 Å². The number of hydrogen-bond donors (Lipinski definition) is 1. The third kappa shape index (κ3) is 7.11. The number of ether oxygens (including phenoxy) is 1. The van der Waals surface area contributed by atoms with Crippen LogP contribution in [0.1, 0.15) is 47.5 Å². The molecule has 2 aromatic rings. The minimum Gasteiger partial charge on any atom is -0.497 e.